The average molecular weight is 647 g/mol. The van der Waals surface area contributed by atoms with E-state index in [1.807, 2.05) is 19.1 Å². The van der Waals surface area contributed by atoms with Crippen LogP contribution in [0.3, 0.4) is 0 Å². The van der Waals surface area contributed by atoms with Gasteiger partial charge in [0.15, 0.2) is 18.1 Å². The molecule has 1 aliphatic heterocycles. The number of carbonyl (C=O) groups is 4. The van der Waals surface area contributed by atoms with Crippen molar-refractivity contribution in [3.8, 4) is 11.5 Å². The molecule has 0 radical (unpaired) electrons. The van der Waals surface area contributed by atoms with Gasteiger partial charge in [-0.3, -0.25) is 14.5 Å². The summed E-state index contributed by atoms with van der Waals surface area (Å²) in [5, 5.41) is 5.37. The molecule has 1 fully saturated rings. The molecule has 2 aromatic carbocycles. The smallest absolute Gasteiger partial charge is 0.373 e. The van der Waals surface area contributed by atoms with Crippen molar-refractivity contribution in [3.63, 3.8) is 0 Å². The maximum atomic E-state index is 13.0. The summed E-state index contributed by atoms with van der Waals surface area (Å²) in [6, 6.07) is 11.1. The molecular weight excluding hydrogens is 622 g/mol. The monoisotopic (exact) mass is 645 g/mol. The van der Waals surface area contributed by atoms with Crippen molar-refractivity contribution in [1.29, 1.82) is 0 Å². The molecule has 1 aromatic heterocycles. The van der Waals surface area contributed by atoms with E-state index in [1.165, 1.54) is 25.3 Å². The molecule has 2 heterocycles. The normalized spacial score (nSPS) is 13.8. The zero-order valence-electron chi connectivity index (χ0n) is 22.2. The Labute approximate surface area is 248 Å². The zero-order chi connectivity index (χ0) is 29.7. The van der Waals surface area contributed by atoms with Gasteiger partial charge in [0.05, 0.1) is 20.3 Å². The predicted molar refractivity (Wildman–Crippen MR) is 153 cm³/mol. The van der Waals surface area contributed by atoms with Gasteiger partial charge in [-0.05, 0) is 71.7 Å². The van der Waals surface area contributed by atoms with Gasteiger partial charge in [0.1, 0.15) is 16.5 Å². The number of furan rings is 1. The summed E-state index contributed by atoms with van der Waals surface area (Å²) in [5.74, 6) is -1.18. The molecule has 41 heavy (non-hydrogen) atoms. The SMILES string of the molecule is CCOc1cc(/C=C2\NC(=O)N(Cc3ccc(C(=O)OC)o3)C2=O)c(Br)c(Cl)c1OCC(=O)Nc1ccc(C)cc1. The van der Waals surface area contributed by atoms with Gasteiger partial charge < -0.3 is 29.3 Å². The number of esters is 1. The molecule has 1 aliphatic rings. The number of halogens is 2. The molecular formula is C28H25BrClN3O8. The summed E-state index contributed by atoms with van der Waals surface area (Å²) in [6.45, 7) is 3.43. The first-order valence-electron chi connectivity index (χ1n) is 12.3. The van der Waals surface area contributed by atoms with Crippen molar-refractivity contribution < 1.29 is 37.8 Å². The van der Waals surface area contributed by atoms with Crippen LogP contribution < -0.4 is 20.1 Å². The van der Waals surface area contributed by atoms with E-state index >= 15 is 0 Å². The molecule has 1 saturated heterocycles. The van der Waals surface area contributed by atoms with Crippen LogP contribution in [0, 0.1) is 6.92 Å². The van der Waals surface area contributed by atoms with Crippen molar-refractivity contribution in [3.05, 3.63) is 80.3 Å². The minimum absolute atomic E-state index is 0.0277. The first kappa shape index (κ1) is 29.7. The Balaban J connectivity index is 1.52. The Morgan fingerprint density at radius 3 is 2.56 bits per heavy atom. The fourth-order valence-corrected chi connectivity index (χ4v) is 4.44. The van der Waals surface area contributed by atoms with Crippen LogP contribution in [-0.4, -0.2) is 49.0 Å². The lowest BCUT2D eigenvalue weighted by Crippen LogP contribution is -2.30. The van der Waals surface area contributed by atoms with E-state index in [9.17, 15) is 19.2 Å². The second-order valence-electron chi connectivity index (χ2n) is 8.69. The number of urea groups is 1. The maximum Gasteiger partial charge on any atom is 0.373 e. The van der Waals surface area contributed by atoms with Crippen molar-refractivity contribution in [2.45, 2.75) is 20.4 Å². The van der Waals surface area contributed by atoms with Crippen LogP contribution in [0.25, 0.3) is 6.08 Å². The van der Waals surface area contributed by atoms with Crippen molar-refractivity contribution in [1.82, 2.24) is 10.2 Å². The molecule has 3 aromatic rings. The molecule has 0 saturated carbocycles. The summed E-state index contributed by atoms with van der Waals surface area (Å²) in [5.41, 5.74) is 2.06. The molecule has 11 nitrogen and oxygen atoms in total. The van der Waals surface area contributed by atoms with E-state index in [0.29, 0.717) is 15.7 Å². The minimum Gasteiger partial charge on any atom is -0.490 e. The number of anilines is 1. The Morgan fingerprint density at radius 1 is 1.15 bits per heavy atom. The fraction of sp³-hybridized carbons (Fsp3) is 0.214. The quantitative estimate of drug-likeness (QED) is 0.172. The minimum atomic E-state index is -0.680. The number of ether oxygens (including phenoxy) is 3. The second kappa shape index (κ2) is 12.9. The van der Waals surface area contributed by atoms with E-state index in [0.717, 1.165) is 10.5 Å². The number of hydrogen-bond donors (Lipinski definition) is 2. The Morgan fingerprint density at radius 2 is 1.88 bits per heavy atom. The van der Waals surface area contributed by atoms with Crippen LogP contribution in [-0.2, 0) is 20.9 Å². The first-order chi connectivity index (χ1) is 19.6. The molecule has 0 bridgehead atoms. The maximum absolute atomic E-state index is 13.0. The van der Waals surface area contributed by atoms with Gasteiger partial charge in [-0.1, -0.05) is 29.3 Å². The van der Waals surface area contributed by atoms with Crippen molar-refractivity contribution in [2.75, 3.05) is 25.6 Å². The van der Waals surface area contributed by atoms with Gasteiger partial charge in [-0.15, -0.1) is 0 Å². The number of hydrogen-bond acceptors (Lipinski definition) is 8. The summed E-state index contributed by atoms with van der Waals surface area (Å²) < 4.78 is 21.7. The van der Waals surface area contributed by atoms with Crippen molar-refractivity contribution in [2.24, 2.45) is 0 Å². The lowest BCUT2D eigenvalue weighted by molar-refractivity contribution is -0.123. The fourth-order valence-electron chi connectivity index (χ4n) is 3.78. The standard InChI is InChI=1S/C28H25BrClN3O8/c1-4-39-21-12-16(23(29)24(30)25(21)40-14-22(34)31-17-7-5-15(2)6-8-17)11-19-26(35)33(28(37)32-19)13-18-9-10-20(41-18)27(36)38-3/h5-12H,4,13-14H2,1-3H3,(H,31,34)(H,32,37)/b19-11-. The van der Waals surface area contributed by atoms with Crippen LogP contribution in [0.15, 0.2) is 57.1 Å². The molecule has 0 unspecified atom stereocenters. The number of carbonyl (C=O) groups excluding carboxylic acids is 4. The molecule has 4 amide bonds. The van der Waals surface area contributed by atoms with Gasteiger partial charge in [-0.2, -0.15) is 0 Å². The van der Waals surface area contributed by atoms with E-state index in [4.69, 9.17) is 25.5 Å². The van der Waals surface area contributed by atoms with Gasteiger partial charge >= 0.3 is 12.0 Å². The highest BCUT2D eigenvalue weighted by Crippen LogP contribution is 2.43. The number of amides is 4. The third-order valence-corrected chi connectivity index (χ3v) is 7.21. The van der Waals surface area contributed by atoms with Gasteiger partial charge in [0, 0.05) is 10.2 Å². The number of nitrogens with one attached hydrogen (secondary N) is 2. The van der Waals surface area contributed by atoms with Gasteiger partial charge in [0.2, 0.25) is 5.76 Å². The number of benzene rings is 2. The third-order valence-electron chi connectivity index (χ3n) is 5.76. The summed E-state index contributed by atoms with van der Waals surface area (Å²) in [6.07, 6.45) is 1.43. The highest BCUT2D eigenvalue weighted by atomic mass is 79.9. The predicted octanol–water partition coefficient (Wildman–Crippen LogP) is 5.30. The van der Waals surface area contributed by atoms with E-state index in [-0.39, 0.29) is 53.5 Å². The highest BCUT2D eigenvalue weighted by molar-refractivity contribution is 9.10. The molecule has 13 heteroatoms. The van der Waals surface area contributed by atoms with E-state index in [2.05, 4.69) is 31.3 Å². The second-order valence-corrected chi connectivity index (χ2v) is 9.86. The van der Waals surface area contributed by atoms with Crippen LogP contribution in [0.5, 0.6) is 11.5 Å². The number of rotatable bonds is 10. The Bertz CT molecular complexity index is 1530. The third kappa shape index (κ3) is 6.90. The van der Waals surface area contributed by atoms with Crippen molar-refractivity contribution >= 4 is 63.1 Å². The number of aryl methyl sites for hydroxylation is 1. The molecule has 0 atom stereocenters. The first-order valence-corrected chi connectivity index (χ1v) is 13.4. The largest absolute Gasteiger partial charge is 0.490 e. The van der Waals surface area contributed by atoms with Gasteiger partial charge in [-0.25, -0.2) is 9.59 Å². The van der Waals surface area contributed by atoms with Crippen LogP contribution >= 0.6 is 27.5 Å². The summed E-state index contributed by atoms with van der Waals surface area (Å²) >= 11 is 9.99. The van der Waals surface area contributed by atoms with Crippen LogP contribution in [0.1, 0.15) is 34.4 Å². The Hall–Kier alpha value is -4.29. The van der Waals surface area contributed by atoms with E-state index in [1.54, 1.807) is 25.1 Å². The number of methoxy groups -OCH3 is 1. The van der Waals surface area contributed by atoms with E-state index < -0.39 is 23.8 Å². The van der Waals surface area contributed by atoms with Crippen LogP contribution in [0.4, 0.5) is 10.5 Å². The number of nitrogens with zero attached hydrogens (tertiary/aromatic N) is 1. The molecule has 2 N–H and O–H groups in total. The lowest BCUT2D eigenvalue weighted by Gasteiger charge is -2.16. The lowest BCUT2D eigenvalue weighted by atomic mass is 10.1. The Kier molecular flexibility index (Phi) is 9.35. The molecule has 4 rings (SSSR count). The summed E-state index contributed by atoms with van der Waals surface area (Å²) in [4.78, 5) is 50.6. The van der Waals surface area contributed by atoms with Gasteiger partial charge in [0.25, 0.3) is 11.8 Å². The summed E-state index contributed by atoms with van der Waals surface area (Å²) in [7, 11) is 1.21. The van der Waals surface area contributed by atoms with Crippen LogP contribution in [0.2, 0.25) is 5.02 Å². The highest BCUT2D eigenvalue weighted by Gasteiger charge is 2.35. The zero-order valence-corrected chi connectivity index (χ0v) is 24.6. The molecule has 214 valence electrons. The molecule has 0 spiro atoms. The average Bonchev–Trinajstić information content (AvgIpc) is 3.52. The topological polar surface area (TPSA) is 136 Å². The number of imide groups is 1. The molecule has 0 aliphatic carbocycles.